The topological polar surface area (TPSA) is 52.7 Å². The SMILES string of the molecule is Cc1cc(C(=O)N2CC[C@H]3[C@@H](C2)NC(=O)N3C)c(F)cc1F. The van der Waals surface area contributed by atoms with Gasteiger partial charge >= 0.3 is 6.03 Å². The van der Waals surface area contributed by atoms with E-state index in [4.69, 9.17) is 0 Å². The van der Waals surface area contributed by atoms with Crippen LogP contribution in [-0.4, -0.2) is 54.0 Å². The summed E-state index contributed by atoms with van der Waals surface area (Å²) in [6.07, 6.45) is 0.632. The number of fused-ring (bicyclic) bond motifs is 1. The van der Waals surface area contributed by atoms with Crippen molar-refractivity contribution in [3.8, 4) is 0 Å². The van der Waals surface area contributed by atoms with Crippen LogP contribution in [0.25, 0.3) is 0 Å². The average molecular weight is 309 g/mol. The van der Waals surface area contributed by atoms with Crippen LogP contribution in [0.1, 0.15) is 22.3 Å². The second-order valence-corrected chi connectivity index (χ2v) is 5.86. The standard InChI is InChI=1S/C15H17F2N3O2/c1-8-5-9(11(17)6-10(8)16)14(21)20-4-3-13-12(7-20)18-15(22)19(13)2/h5-6,12-13H,3-4,7H2,1-2H3,(H,18,22)/t12-,13+/m1/s1. The summed E-state index contributed by atoms with van der Waals surface area (Å²) in [6, 6.07) is 1.71. The van der Waals surface area contributed by atoms with E-state index in [1.165, 1.54) is 17.9 Å². The number of piperidine rings is 1. The van der Waals surface area contributed by atoms with E-state index >= 15 is 0 Å². The lowest BCUT2D eigenvalue weighted by molar-refractivity contribution is 0.0661. The van der Waals surface area contributed by atoms with Crippen LogP contribution in [0, 0.1) is 18.6 Å². The van der Waals surface area contributed by atoms with Crippen LogP contribution < -0.4 is 5.32 Å². The van der Waals surface area contributed by atoms with Crippen molar-refractivity contribution in [3.63, 3.8) is 0 Å². The zero-order chi connectivity index (χ0) is 16.0. The Morgan fingerprint density at radius 2 is 2.05 bits per heavy atom. The monoisotopic (exact) mass is 309 g/mol. The fourth-order valence-electron chi connectivity index (χ4n) is 3.13. The van der Waals surface area contributed by atoms with Crippen LogP contribution >= 0.6 is 0 Å². The van der Waals surface area contributed by atoms with Gasteiger partial charge < -0.3 is 15.1 Å². The number of aryl methyl sites for hydroxylation is 1. The van der Waals surface area contributed by atoms with Gasteiger partial charge in [0.15, 0.2) is 0 Å². The largest absolute Gasteiger partial charge is 0.336 e. The number of hydrogen-bond donors (Lipinski definition) is 1. The Labute approximate surface area is 126 Å². The van der Waals surface area contributed by atoms with Crippen molar-refractivity contribution < 1.29 is 18.4 Å². The summed E-state index contributed by atoms with van der Waals surface area (Å²) in [5.74, 6) is -2.00. The molecule has 3 amide bonds. The van der Waals surface area contributed by atoms with Crippen LogP contribution in [0.5, 0.6) is 0 Å². The maximum Gasteiger partial charge on any atom is 0.317 e. The van der Waals surface area contributed by atoms with E-state index in [1.807, 2.05) is 0 Å². The number of hydrogen-bond acceptors (Lipinski definition) is 2. The normalized spacial score (nSPS) is 24.3. The van der Waals surface area contributed by atoms with Crippen molar-refractivity contribution in [2.24, 2.45) is 0 Å². The molecular formula is C15H17F2N3O2. The van der Waals surface area contributed by atoms with E-state index in [0.717, 1.165) is 6.07 Å². The number of amides is 3. The summed E-state index contributed by atoms with van der Waals surface area (Å²) < 4.78 is 27.2. The van der Waals surface area contributed by atoms with Gasteiger partial charge in [0.2, 0.25) is 0 Å². The van der Waals surface area contributed by atoms with Crippen LogP contribution in [0.4, 0.5) is 13.6 Å². The zero-order valence-corrected chi connectivity index (χ0v) is 12.4. The van der Waals surface area contributed by atoms with E-state index in [-0.39, 0.29) is 29.2 Å². The first kappa shape index (κ1) is 14.7. The first-order valence-corrected chi connectivity index (χ1v) is 7.16. The molecule has 118 valence electrons. The highest BCUT2D eigenvalue weighted by molar-refractivity contribution is 5.95. The molecule has 3 rings (SSSR count). The Kier molecular flexibility index (Phi) is 3.50. The molecule has 0 aliphatic carbocycles. The Bertz CT molecular complexity index is 650. The Balaban J connectivity index is 1.80. The highest BCUT2D eigenvalue weighted by Crippen LogP contribution is 2.24. The fourth-order valence-corrected chi connectivity index (χ4v) is 3.13. The summed E-state index contributed by atoms with van der Waals surface area (Å²) in [7, 11) is 1.72. The maximum atomic E-state index is 13.9. The van der Waals surface area contributed by atoms with E-state index in [2.05, 4.69) is 5.32 Å². The lowest BCUT2D eigenvalue weighted by atomic mass is 9.99. The van der Waals surface area contributed by atoms with Crippen molar-refractivity contribution in [2.75, 3.05) is 20.1 Å². The molecule has 2 aliphatic rings. The van der Waals surface area contributed by atoms with Gasteiger partial charge in [-0.25, -0.2) is 13.6 Å². The first-order valence-electron chi connectivity index (χ1n) is 7.16. The van der Waals surface area contributed by atoms with Crippen LogP contribution in [0.2, 0.25) is 0 Å². The molecule has 0 unspecified atom stereocenters. The Morgan fingerprint density at radius 3 is 2.77 bits per heavy atom. The van der Waals surface area contributed by atoms with E-state index < -0.39 is 17.5 Å². The summed E-state index contributed by atoms with van der Waals surface area (Å²) in [5, 5.41) is 2.82. The molecule has 2 fully saturated rings. The number of nitrogens with zero attached hydrogens (tertiary/aromatic N) is 2. The van der Waals surface area contributed by atoms with Gasteiger partial charge in [-0.2, -0.15) is 0 Å². The third-order valence-electron chi connectivity index (χ3n) is 4.47. The highest BCUT2D eigenvalue weighted by Gasteiger charge is 2.42. The molecule has 1 aromatic carbocycles. The predicted molar refractivity (Wildman–Crippen MR) is 75.5 cm³/mol. The Hall–Kier alpha value is -2.18. The number of nitrogens with one attached hydrogen (secondary N) is 1. The molecule has 2 heterocycles. The van der Waals surface area contributed by atoms with Crippen molar-refractivity contribution >= 4 is 11.9 Å². The van der Waals surface area contributed by atoms with Crippen LogP contribution in [-0.2, 0) is 0 Å². The van der Waals surface area contributed by atoms with Gasteiger partial charge in [0, 0.05) is 26.2 Å². The van der Waals surface area contributed by atoms with Crippen molar-refractivity contribution in [3.05, 3.63) is 34.9 Å². The molecule has 0 radical (unpaired) electrons. The predicted octanol–water partition coefficient (Wildman–Crippen LogP) is 1.51. The van der Waals surface area contributed by atoms with Crippen LogP contribution in [0.15, 0.2) is 12.1 Å². The number of carbonyl (C=O) groups excluding carboxylic acids is 2. The number of urea groups is 1. The van der Waals surface area contributed by atoms with Crippen molar-refractivity contribution in [2.45, 2.75) is 25.4 Å². The summed E-state index contributed by atoms with van der Waals surface area (Å²) in [6.45, 7) is 2.26. The van der Waals surface area contributed by atoms with E-state index in [9.17, 15) is 18.4 Å². The molecular weight excluding hydrogens is 292 g/mol. The minimum absolute atomic E-state index is 0.0522. The van der Waals surface area contributed by atoms with E-state index in [0.29, 0.717) is 19.5 Å². The molecule has 2 aliphatic heterocycles. The molecule has 22 heavy (non-hydrogen) atoms. The molecule has 0 saturated carbocycles. The summed E-state index contributed by atoms with van der Waals surface area (Å²) >= 11 is 0. The average Bonchev–Trinajstić information content (AvgIpc) is 2.76. The molecule has 0 aromatic heterocycles. The smallest absolute Gasteiger partial charge is 0.317 e. The summed E-state index contributed by atoms with van der Waals surface area (Å²) in [4.78, 5) is 27.3. The summed E-state index contributed by atoms with van der Waals surface area (Å²) in [5.41, 5.74) is 0.101. The molecule has 2 saturated heterocycles. The zero-order valence-electron chi connectivity index (χ0n) is 12.4. The molecule has 7 heteroatoms. The number of likely N-dealkylation sites (N-methyl/N-ethyl adjacent to an activating group) is 1. The highest BCUT2D eigenvalue weighted by atomic mass is 19.1. The lowest BCUT2D eigenvalue weighted by Gasteiger charge is -2.35. The van der Waals surface area contributed by atoms with Gasteiger partial charge in [-0.05, 0) is 25.0 Å². The number of likely N-dealkylation sites (tertiary alicyclic amines) is 1. The second-order valence-electron chi connectivity index (χ2n) is 5.86. The molecule has 0 spiro atoms. The van der Waals surface area contributed by atoms with E-state index in [1.54, 1.807) is 11.9 Å². The minimum Gasteiger partial charge on any atom is -0.336 e. The lowest BCUT2D eigenvalue weighted by Crippen LogP contribution is -2.52. The third kappa shape index (κ3) is 2.30. The minimum atomic E-state index is -0.859. The molecule has 1 N–H and O–H groups in total. The van der Waals surface area contributed by atoms with Gasteiger partial charge in [0.25, 0.3) is 5.91 Å². The fraction of sp³-hybridized carbons (Fsp3) is 0.467. The molecule has 5 nitrogen and oxygen atoms in total. The van der Waals surface area contributed by atoms with Gasteiger partial charge in [-0.1, -0.05) is 0 Å². The quantitative estimate of drug-likeness (QED) is 0.855. The Morgan fingerprint density at radius 1 is 1.32 bits per heavy atom. The first-order chi connectivity index (χ1) is 10.4. The molecule has 1 aromatic rings. The van der Waals surface area contributed by atoms with Crippen molar-refractivity contribution in [1.29, 1.82) is 0 Å². The van der Waals surface area contributed by atoms with Gasteiger partial charge in [-0.3, -0.25) is 4.79 Å². The van der Waals surface area contributed by atoms with Gasteiger partial charge in [0.1, 0.15) is 11.6 Å². The third-order valence-corrected chi connectivity index (χ3v) is 4.47. The molecule has 0 bridgehead atoms. The van der Waals surface area contributed by atoms with Crippen molar-refractivity contribution in [1.82, 2.24) is 15.1 Å². The number of rotatable bonds is 1. The number of halogens is 2. The van der Waals surface area contributed by atoms with Gasteiger partial charge in [0.05, 0.1) is 17.6 Å². The maximum absolute atomic E-state index is 13.9. The van der Waals surface area contributed by atoms with Gasteiger partial charge in [-0.15, -0.1) is 0 Å². The van der Waals surface area contributed by atoms with Crippen LogP contribution in [0.3, 0.4) is 0 Å². The molecule has 2 atom stereocenters. The number of carbonyl (C=O) groups is 2. The second kappa shape index (κ2) is 5.23. The number of benzene rings is 1.